The average Bonchev–Trinajstić information content (AvgIpc) is 3.30. The molecule has 3 aliphatic rings. The molecular formula is C32H41N5O5. The van der Waals surface area contributed by atoms with Gasteiger partial charge >= 0.3 is 0 Å². The minimum Gasteiger partial charge on any atom is -0.492 e. The Balaban J connectivity index is 0.000000652. The molecular weight excluding hydrogens is 534 g/mol. The average molecular weight is 576 g/mol. The quantitative estimate of drug-likeness (QED) is 0.345. The van der Waals surface area contributed by atoms with Crippen LogP contribution in [0.4, 0.5) is 0 Å². The second-order valence-corrected chi connectivity index (χ2v) is 11.5. The van der Waals surface area contributed by atoms with E-state index in [0.29, 0.717) is 13.2 Å². The number of aryl methyl sites for hydroxylation is 1. The van der Waals surface area contributed by atoms with Crippen LogP contribution in [0.15, 0.2) is 42.5 Å². The summed E-state index contributed by atoms with van der Waals surface area (Å²) >= 11 is 0. The molecule has 1 aromatic heterocycles. The van der Waals surface area contributed by atoms with Gasteiger partial charge in [0.05, 0.1) is 6.54 Å². The molecule has 0 radical (unpaired) electrons. The van der Waals surface area contributed by atoms with E-state index in [9.17, 15) is 14.4 Å². The van der Waals surface area contributed by atoms with Crippen LogP contribution in [0.5, 0.6) is 5.75 Å². The molecule has 3 amide bonds. The molecule has 1 unspecified atom stereocenters. The van der Waals surface area contributed by atoms with E-state index in [1.165, 1.54) is 42.8 Å². The highest BCUT2D eigenvalue weighted by Gasteiger charge is 2.44. The molecule has 2 fully saturated rings. The zero-order valence-electron chi connectivity index (χ0n) is 24.8. The van der Waals surface area contributed by atoms with E-state index in [1.807, 2.05) is 6.07 Å². The standard InChI is InChI=1S/C30H36N4O3.C2H5NO2/c1-21-6-8-22(9-7-21)19-34-25-11-10-23(37-17-16-32-13-4-3-5-14-32)18-24(25)28-26(34)12-15-33-27(35)20-31(2)30(36)29(28)33;1-2(4)3-5/h6-11,18,29H,3-5,12-17,19-20H2,1-2H3;5H,1H3,(H,3,4). The molecule has 0 saturated carbocycles. The molecule has 4 heterocycles. The molecule has 10 heteroatoms. The largest absolute Gasteiger partial charge is 0.492 e. The number of amides is 3. The number of likely N-dealkylation sites (N-methyl/N-ethyl adjacent to an activating group) is 1. The van der Waals surface area contributed by atoms with Gasteiger partial charge in [0.1, 0.15) is 18.4 Å². The molecule has 3 aromatic rings. The van der Waals surface area contributed by atoms with Crippen LogP contribution in [0.25, 0.3) is 10.9 Å². The number of piperazine rings is 1. The van der Waals surface area contributed by atoms with Gasteiger partial charge in [0, 0.05) is 62.2 Å². The van der Waals surface area contributed by atoms with Crippen molar-refractivity contribution in [1.82, 2.24) is 24.7 Å². The van der Waals surface area contributed by atoms with Gasteiger partial charge in [-0.2, -0.15) is 0 Å². The van der Waals surface area contributed by atoms with E-state index in [0.717, 1.165) is 60.5 Å². The summed E-state index contributed by atoms with van der Waals surface area (Å²) in [4.78, 5) is 41.6. The predicted molar refractivity (Wildman–Crippen MR) is 159 cm³/mol. The summed E-state index contributed by atoms with van der Waals surface area (Å²) in [6.45, 7) is 8.65. The first-order valence-electron chi connectivity index (χ1n) is 14.8. The minimum absolute atomic E-state index is 0.00800. The predicted octanol–water partition coefficient (Wildman–Crippen LogP) is 3.27. The fraction of sp³-hybridized carbons (Fsp3) is 0.469. The molecule has 1 atom stereocenters. The fourth-order valence-corrected chi connectivity index (χ4v) is 6.23. The number of carbonyl (C=O) groups excluding carboxylic acids is 3. The molecule has 0 bridgehead atoms. The Morgan fingerprint density at radius 3 is 2.45 bits per heavy atom. The number of piperidine rings is 1. The first kappa shape index (κ1) is 29.6. The first-order valence-corrected chi connectivity index (χ1v) is 14.8. The van der Waals surface area contributed by atoms with E-state index in [-0.39, 0.29) is 18.4 Å². The van der Waals surface area contributed by atoms with Crippen molar-refractivity contribution in [3.8, 4) is 5.75 Å². The van der Waals surface area contributed by atoms with Crippen LogP contribution in [0.1, 0.15) is 54.6 Å². The molecule has 3 aliphatic heterocycles. The second-order valence-electron chi connectivity index (χ2n) is 11.5. The number of nitrogens with one attached hydrogen (secondary N) is 1. The number of aromatic nitrogens is 1. The zero-order chi connectivity index (χ0) is 29.8. The number of likely N-dealkylation sites (tertiary alicyclic amines) is 1. The van der Waals surface area contributed by atoms with Gasteiger partial charge in [-0.05, 0) is 56.6 Å². The second kappa shape index (κ2) is 13.0. The topological polar surface area (TPSA) is 107 Å². The van der Waals surface area contributed by atoms with E-state index in [4.69, 9.17) is 9.94 Å². The number of ether oxygens (including phenoxy) is 1. The number of hydrogen-bond donors (Lipinski definition) is 2. The summed E-state index contributed by atoms with van der Waals surface area (Å²) in [6.07, 6.45) is 4.60. The first-order chi connectivity index (χ1) is 20.3. The number of hydrogen-bond acceptors (Lipinski definition) is 6. The van der Waals surface area contributed by atoms with Crippen molar-refractivity contribution in [2.75, 3.05) is 46.4 Å². The molecule has 0 aliphatic carbocycles. The summed E-state index contributed by atoms with van der Waals surface area (Å²) in [5.41, 5.74) is 7.06. The molecule has 2 saturated heterocycles. The van der Waals surface area contributed by atoms with Crippen molar-refractivity contribution in [3.63, 3.8) is 0 Å². The number of benzene rings is 2. The van der Waals surface area contributed by atoms with Gasteiger partial charge < -0.3 is 19.1 Å². The Morgan fingerprint density at radius 1 is 1.05 bits per heavy atom. The normalized spacial score (nSPS) is 18.7. The Kier molecular flexibility index (Phi) is 9.13. The third-order valence-electron chi connectivity index (χ3n) is 8.41. The number of carbonyl (C=O) groups is 3. The third kappa shape index (κ3) is 6.29. The summed E-state index contributed by atoms with van der Waals surface area (Å²) in [5, 5.41) is 8.56. The van der Waals surface area contributed by atoms with Crippen molar-refractivity contribution in [2.24, 2.45) is 0 Å². The summed E-state index contributed by atoms with van der Waals surface area (Å²) in [7, 11) is 1.73. The number of hydroxylamine groups is 1. The van der Waals surface area contributed by atoms with Crippen LogP contribution in [0.2, 0.25) is 0 Å². The van der Waals surface area contributed by atoms with Crippen molar-refractivity contribution in [3.05, 3.63) is 64.8 Å². The van der Waals surface area contributed by atoms with Crippen molar-refractivity contribution < 1.29 is 24.3 Å². The summed E-state index contributed by atoms with van der Waals surface area (Å²) in [6, 6.07) is 14.3. The lowest BCUT2D eigenvalue weighted by atomic mass is 9.92. The Bertz CT molecular complexity index is 1440. The van der Waals surface area contributed by atoms with Crippen molar-refractivity contribution >= 4 is 28.6 Å². The van der Waals surface area contributed by atoms with Crippen LogP contribution in [-0.4, -0.2) is 88.6 Å². The van der Waals surface area contributed by atoms with E-state index >= 15 is 0 Å². The zero-order valence-corrected chi connectivity index (χ0v) is 24.8. The summed E-state index contributed by atoms with van der Waals surface area (Å²) in [5.74, 6) is 0.391. The molecule has 6 rings (SSSR count). The highest BCUT2D eigenvalue weighted by atomic mass is 16.5. The lowest BCUT2D eigenvalue weighted by Gasteiger charge is -2.42. The molecule has 2 N–H and O–H groups in total. The number of fused-ring (bicyclic) bond motifs is 5. The molecule has 2 aromatic carbocycles. The van der Waals surface area contributed by atoms with Gasteiger partial charge in [-0.1, -0.05) is 36.2 Å². The van der Waals surface area contributed by atoms with Gasteiger partial charge in [0.2, 0.25) is 17.7 Å². The Hall–Kier alpha value is -3.89. The van der Waals surface area contributed by atoms with Gasteiger partial charge in [0.15, 0.2) is 0 Å². The van der Waals surface area contributed by atoms with E-state index < -0.39 is 11.9 Å². The Morgan fingerprint density at radius 2 is 1.76 bits per heavy atom. The Labute approximate surface area is 246 Å². The maximum Gasteiger partial charge on any atom is 0.250 e. The molecule has 0 spiro atoms. The highest BCUT2D eigenvalue weighted by Crippen LogP contribution is 2.41. The van der Waals surface area contributed by atoms with Crippen LogP contribution in [0.3, 0.4) is 0 Å². The van der Waals surface area contributed by atoms with Crippen LogP contribution < -0.4 is 10.2 Å². The molecule has 42 heavy (non-hydrogen) atoms. The maximum absolute atomic E-state index is 13.4. The highest BCUT2D eigenvalue weighted by molar-refractivity contribution is 6.00. The molecule has 224 valence electrons. The van der Waals surface area contributed by atoms with Crippen LogP contribution in [0, 0.1) is 6.92 Å². The van der Waals surface area contributed by atoms with E-state index in [2.05, 4.69) is 52.8 Å². The smallest absolute Gasteiger partial charge is 0.250 e. The number of nitrogens with zero attached hydrogens (tertiary/aromatic N) is 4. The van der Waals surface area contributed by atoms with Crippen molar-refractivity contribution in [2.45, 2.75) is 52.1 Å². The van der Waals surface area contributed by atoms with Gasteiger partial charge in [-0.3, -0.25) is 24.5 Å². The summed E-state index contributed by atoms with van der Waals surface area (Å²) < 4.78 is 8.57. The monoisotopic (exact) mass is 575 g/mol. The van der Waals surface area contributed by atoms with Crippen molar-refractivity contribution in [1.29, 1.82) is 0 Å². The van der Waals surface area contributed by atoms with Crippen LogP contribution >= 0.6 is 0 Å². The van der Waals surface area contributed by atoms with Crippen LogP contribution in [-0.2, 0) is 27.3 Å². The number of rotatable bonds is 6. The lowest BCUT2D eigenvalue weighted by molar-refractivity contribution is -0.155. The minimum atomic E-state index is -0.569. The van der Waals surface area contributed by atoms with E-state index in [1.54, 1.807) is 16.8 Å². The fourth-order valence-electron chi connectivity index (χ4n) is 6.23. The maximum atomic E-state index is 13.4. The van der Waals surface area contributed by atoms with Gasteiger partial charge in [-0.15, -0.1) is 0 Å². The lowest BCUT2D eigenvalue weighted by Crippen LogP contribution is -2.56. The molecule has 10 nitrogen and oxygen atoms in total. The van der Waals surface area contributed by atoms with Gasteiger partial charge in [0.25, 0.3) is 0 Å². The van der Waals surface area contributed by atoms with Gasteiger partial charge in [-0.25, -0.2) is 5.48 Å². The SMILES string of the molecule is CC(=O)NO.Cc1ccc(Cn2c3c(c4cc(OCCN5CCCCC5)ccc42)C2C(=O)N(C)CC(=O)N2CC3)cc1. The third-order valence-corrected chi connectivity index (χ3v) is 8.41.